The number of carbonyl (C=O) groups excluding carboxylic acids is 2. The molecular formula is C26H36BNO6. The molecule has 0 spiro atoms. The Bertz CT molecular complexity index is 995. The van der Waals surface area contributed by atoms with Crippen molar-refractivity contribution in [2.45, 2.75) is 72.4 Å². The highest BCUT2D eigenvalue weighted by Crippen LogP contribution is 2.51. The van der Waals surface area contributed by atoms with E-state index in [1.165, 1.54) is 10.5 Å². The van der Waals surface area contributed by atoms with Gasteiger partial charge in [-0.25, -0.2) is 0 Å². The summed E-state index contributed by atoms with van der Waals surface area (Å²) >= 11 is 0. The van der Waals surface area contributed by atoms with Gasteiger partial charge in [-0.1, -0.05) is 31.9 Å². The standard InChI is InChI=1S/C26H36BNO6/c1-5-10-28-25(30)20-12-19(15(2)3)23-21(24(20)26(28)31)13-27(32)34-22(23)9-6-16(4)11-17-7-8-18(14-29)33-17/h7-8,11,15,20-22,24,29,32H,5-6,9-10,12-14H2,1-4H3/b16-11+/t20-,21+,22-,24-/m1/s1. The van der Waals surface area contributed by atoms with Gasteiger partial charge in [0.2, 0.25) is 11.8 Å². The van der Waals surface area contributed by atoms with Crippen LogP contribution >= 0.6 is 0 Å². The number of aliphatic hydroxyl groups is 1. The molecule has 0 saturated carbocycles. The molecule has 1 aliphatic carbocycles. The quantitative estimate of drug-likeness (QED) is 0.341. The summed E-state index contributed by atoms with van der Waals surface area (Å²) in [5.41, 5.74) is 3.44. The lowest BCUT2D eigenvalue weighted by Crippen LogP contribution is -2.46. The largest absolute Gasteiger partial charge is 0.459 e. The Morgan fingerprint density at radius 3 is 2.68 bits per heavy atom. The summed E-state index contributed by atoms with van der Waals surface area (Å²) in [7, 11) is -0.949. The third-order valence-corrected chi connectivity index (χ3v) is 7.51. The number of furan rings is 1. The van der Waals surface area contributed by atoms with E-state index in [1.54, 1.807) is 6.07 Å². The van der Waals surface area contributed by atoms with Gasteiger partial charge in [-0.2, -0.15) is 0 Å². The van der Waals surface area contributed by atoms with E-state index >= 15 is 0 Å². The summed E-state index contributed by atoms with van der Waals surface area (Å²) in [5, 5.41) is 19.8. The van der Waals surface area contributed by atoms with Gasteiger partial charge < -0.3 is 19.2 Å². The summed E-state index contributed by atoms with van der Waals surface area (Å²) in [6, 6.07) is 3.58. The van der Waals surface area contributed by atoms with E-state index in [2.05, 4.69) is 13.8 Å². The number of hydrogen-bond acceptors (Lipinski definition) is 6. The summed E-state index contributed by atoms with van der Waals surface area (Å²) in [6.07, 6.45) is 4.77. The summed E-state index contributed by atoms with van der Waals surface area (Å²) in [5.74, 6) is 0.445. The van der Waals surface area contributed by atoms with E-state index in [0.29, 0.717) is 37.2 Å². The predicted octanol–water partition coefficient (Wildman–Crippen LogP) is 3.82. The molecule has 3 aliphatic rings. The normalized spacial score (nSPS) is 27.7. The summed E-state index contributed by atoms with van der Waals surface area (Å²) < 4.78 is 11.6. The van der Waals surface area contributed by atoms with Crippen LogP contribution in [0.1, 0.15) is 64.9 Å². The maximum absolute atomic E-state index is 13.3. The van der Waals surface area contributed by atoms with Crippen molar-refractivity contribution in [1.82, 2.24) is 4.90 Å². The number of allylic oxidation sites excluding steroid dienone is 2. The third kappa shape index (κ3) is 4.68. The predicted molar refractivity (Wildman–Crippen MR) is 129 cm³/mol. The van der Waals surface area contributed by atoms with E-state index in [0.717, 1.165) is 24.0 Å². The Hall–Kier alpha value is -2.16. The maximum atomic E-state index is 13.3. The average Bonchev–Trinajstić information content (AvgIpc) is 3.34. The first-order chi connectivity index (χ1) is 16.2. The van der Waals surface area contributed by atoms with Crippen molar-refractivity contribution in [2.24, 2.45) is 23.7 Å². The Labute approximate surface area is 202 Å². The second kappa shape index (κ2) is 10.2. The number of hydrogen-bond donors (Lipinski definition) is 2. The van der Waals surface area contributed by atoms with E-state index in [4.69, 9.17) is 9.07 Å². The molecule has 3 heterocycles. The topological polar surface area (TPSA) is 100 Å². The fraction of sp³-hybridized carbons (Fsp3) is 0.615. The van der Waals surface area contributed by atoms with Gasteiger partial charge in [-0.05, 0) is 74.5 Å². The average molecular weight is 469 g/mol. The molecule has 4 atom stereocenters. The molecule has 2 aliphatic heterocycles. The van der Waals surface area contributed by atoms with Crippen molar-refractivity contribution < 1.29 is 28.8 Å². The Balaban J connectivity index is 1.59. The van der Waals surface area contributed by atoms with Crippen LogP contribution in [-0.4, -0.2) is 46.6 Å². The minimum Gasteiger partial charge on any atom is -0.459 e. The monoisotopic (exact) mass is 469 g/mol. The molecule has 184 valence electrons. The fourth-order valence-corrected chi connectivity index (χ4v) is 5.99. The Morgan fingerprint density at radius 2 is 2.03 bits per heavy atom. The van der Waals surface area contributed by atoms with Crippen molar-refractivity contribution in [3.63, 3.8) is 0 Å². The lowest BCUT2D eigenvalue weighted by molar-refractivity contribution is -0.140. The second-order valence-electron chi connectivity index (χ2n) is 10.2. The van der Waals surface area contributed by atoms with Crippen LogP contribution in [0.3, 0.4) is 0 Å². The van der Waals surface area contributed by atoms with Gasteiger partial charge >= 0.3 is 7.12 Å². The summed E-state index contributed by atoms with van der Waals surface area (Å²) in [4.78, 5) is 27.9. The van der Waals surface area contributed by atoms with Crippen molar-refractivity contribution in [3.8, 4) is 0 Å². The number of aliphatic hydroxyl groups excluding tert-OH is 1. The van der Waals surface area contributed by atoms with Crippen LogP contribution in [0, 0.1) is 23.7 Å². The number of nitrogens with zero attached hydrogens (tertiary/aromatic N) is 1. The highest BCUT2D eigenvalue weighted by atomic mass is 16.5. The van der Waals surface area contributed by atoms with Gasteiger partial charge in [-0.3, -0.25) is 14.5 Å². The molecule has 4 rings (SSSR count). The van der Waals surface area contributed by atoms with Crippen LogP contribution in [0.15, 0.2) is 33.3 Å². The lowest BCUT2D eigenvalue weighted by Gasteiger charge is -2.44. The van der Waals surface area contributed by atoms with Crippen molar-refractivity contribution in [1.29, 1.82) is 0 Å². The third-order valence-electron chi connectivity index (χ3n) is 7.51. The molecule has 8 heteroatoms. The molecular weight excluding hydrogens is 433 g/mol. The molecule has 7 nitrogen and oxygen atoms in total. The van der Waals surface area contributed by atoms with Gasteiger partial charge in [0.05, 0.1) is 17.9 Å². The number of fused-ring (bicyclic) bond motifs is 3. The molecule has 0 unspecified atom stereocenters. The number of imide groups is 1. The molecule has 0 aromatic carbocycles. The molecule has 0 radical (unpaired) electrons. The maximum Gasteiger partial charge on any atom is 0.455 e. The molecule has 2 saturated heterocycles. The minimum atomic E-state index is -0.949. The smallest absolute Gasteiger partial charge is 0.455 e. The molecule has 1 aromatic rings. The van der Waals surface area contributed by atoms with Gasteiger partial charge in [0.25, 0.3) is 0 Å². The molecule has 2 N–H and O–H groups in total. The zero-order chi connectivity index (χ0) is 24.6. The number of rotatable bonds is 8. The zero-order valence-electron chi connectivity index (χ0n) is 20.6. The van der Waals surface area contributed by atoms with Crippen LogP contribution in [-0.2, 0) is 20.9 Å². The fourth-order valence-electron chi connectivity index (χ4n) is 5.99. The van der Waals surface area contributed by atoms with Crippen LogP contribution in [0.4, 0.5) is 0 Å². The Morgan fingerprint density at radius 1 is 1.26 bits per heavy atom. The zero-order valence-corrected chi connectivity index (χ0v) is 20.6. The first-order valence-corrected chi connectivity index (χ1v) is 12.5. The molecule has 2 fully saturated rings. The molecule has 34 heavy (non-hydrogen) atoms. The molecule has 0 bridgehead atoms. The van der Waals surface area contributed by atoms with Gasteiger partial charge in [0, 0.05) is 6.54 Å². The van der Waals surface area contributed by atoms with Crippen LogP contribution in [0.5, 0.6) is 0 Å². The van der Waals surface area contributed by atoms with Crippen molar-refractivity contribution in [2.75, 3.05) is 6.54 Å². The van der Waals surface area contributed by atoms with E-state index in [9.17, 15) is 19.7 Å². The first kappa shape index (κ1) is 25.0. The SMILES string of the molecule is CCCN1C(=O)[C@@H]2[C@@H](CC(C(C)C)=C3[C@@H](CC/C(C)=C/c4ccc(CO)o4)OB(O)C[C@@H]32)C1=O. The number of amides is 2. The highest BCUT2D eigenvalue weighted by molar-refractivity contribution is 6.43. The Kier molecular flexibility index (Phi) is 7.50. The van der Waals surface area contributed by atoms with E-state index in [1.807, 2.05) is 26.0 Å². The van der Waals surface area contributed by atoms with Crippen molar-refractivity contribution in [3.05, 3.63) is 40.4 Å². The number of likely N-dealkylation sites (tertiary alicyclic amines) is 1. The van der Waals surface area contributed by atoms with Crippen LogP contribution in [0.25, 0.3) is 6.08 Å². The van der Waals surface area contributed by atoms with Gasteiger partial charge in [0.15, 0.2) is 0 Å². The lowest BCUT2D eigenvalue weighted by atomic mass is 9.57. The molecule has 2 amide bonds. The highest BCUT2D eigenvalue weighted by Gasteiger charge is 2.57. The first-order valence-electron chi connectivity index (χ1n) is 12.5. The van der Waals surface area contributed by atoms with Crippen LogP contribution < -0.4 is 0 Å². The van der Waals surface area contributed by atoms with Crippen molar-refractivity contribution >= 4 is 25.0 Å². The van der Waals surface area contributed by atoms with Gasteiger partial charge in [0.1, 0.15) is 18.1 Å². The second-order valence-corrected chi connectivity index (χ2v) is 10.2. The number of carbonyl (C=O) groups is 2. The van der Waals surface area contributed by atoms with Gasteiger partial charge in [-0.15, -0.1) is 0 Å². The summed E-state index contributed by atoms with van der Waals surface area (Å²) in [6.45, 7) is 8.59. The van der Waals surface area contributed by atoms with E-state index < -0.39 is 13.0 Å². The van der Waals surface area contributed by atoms with Crippen LogP contribution in [0.2, 0.25) is 6.32 Å². The minimum absolute atomic E-state index is 0.0499. The van der Waals surface area contributed by atoms with E-state index in [-0.39, 0.29) is 42.3 Å². The molecule has 1 aromatic heterocycles.